The molecule has 5 heteroatoms. The van der Waals surface area contributed by atoms with Crippen molar-refractivity contribution in [2.75, 3.05) is 6.61 Å². The van der Waals surface area contributed by atoms with Gasteiger partial charge in [0.05, 0.1) is 13.0 Å². The molecule has 0 atom stereocenters. The van der Waals surface area contributed by atoms with Gasteiger partial charge in [-0.15, -0.1) is 5.10 Å². The van der Waals surface area contributed by atoms with Crippen LogP contribution in [-0.4, -0.2) is 24.1 Å². The van der Waals surface area contributed by atoms with E-state index < -0.39 is 0 Å². The maximum absolute atomic E-state index is 11.2. The van der Waals surface area contributed by atoms with Crippen molar-refractivity contribution < 1.29 is 9.53 Å². The normalized spacial score (nSPS) is 12.3. The van der Waals surface area contributed by atoms with E-state index in [2.05, 4.69) is 10.2 Å². The second kappa shape index (κ2) is 7.21. The Bertz CT molecular complexity index is 453. The van der Waals surface area contributed by atoms with Gasteiger partial charge in [-0.1, -0.05) is 30.3 Å². The zero-order chi connectivity index (χ0) is 13.4. The van der Waals surface area contributed by atoms with Gasteiger partial charge in [-0.2, -0.15) is 5.10 Å². The summed E-state index contributed by atoms with van der Waals surface area (Å²) in [7, 11) is 0. The quantitative estimate of drug-likeness (QED) is 0.372. The molecule has 0 fully saturated rings. The first-order valence-corrected chi connectivity index (χ1v) is 5.71. The number of nitrogens with zero attached hydrogens (tertiary/aromatic N) is 2. The average Bonchev–Trinajstić information content (AvgIpc) is 2.37. The Labute approximate surface area is 106 Å². The van der Waals surface area contributed by atoms with E-state index in [1.54, 1.807) is 13.8 Å². The lowest BCUT2D eigenvalue weighted by atomic mass is 10.2. The molecule has 0 aliphatic rings. The predicted molar refractivity (Wildman–Crippen MR) is 71.5 cm³/mol. The molecular weight excluding hydrogens is 230 g/mol. The number of hydrogen-bond acceptors (Lipinski definition) is 4. The van der Waals surface area contributed by atoms with Crippen molar-refractivity contribution in [3.63, 3.8) is 0 Å². The van der Waals surface area contributed by atoms with Crippen LogP contribution in [0.4, 0.5) is 0 Å². The fourth-order valence-corrected chi connectivity index (χ4v) is 1.26. The molecule has 0 radical (unpaired) electrons. The fraction of sp³-hybridized carbons (Fsp3) is 0.308. The van der Waals surface area contributed by atoms with Crippen molar-refractivity contribution in [1.29, 1.82) is 0 Å². The van der Waals surface area contributed by atoms with E-state index in [9.17, 15) is 4.79 Å². The van der Waals surface area contributed by atoms with Gasteiger partial charge < -0.3 is 10.5 Å². The highest BCUT2D eigenvalue weighted by Gasteiger charge is 2.03. The standard InChI is InChI=1S/C13H17N3O2/c1-3-18-12(17)9-10(2)15-16-13(14)11-7-5-4-6-8-11/h4-8H,3,9H2,1-2H3,(H2,14,16)/b15-10-. The SMILES string of the molecule is CCOC(=O)C/C(C)=N\N=C(/N)c1ccccc1. The zero-order valence-corrected chi connectivity index (χ0v) is 10.6. The zero-order valence-electron chi connectivity index (χ0n) is 10.6. The Morgan fingerprint density at radius 3 is 2.56 bits per heavy atom. The van der Waals surface area contributed by atoms with Crippen LogP contribution in [0.1, 0.15) is 25.8 Å². The van der Waals surface area contributed by atoms with Gasteiger partial charge in [0.1, 0.15) is 0 Å². The number of benzene rings is 1. The highest BCUT2D eigenvalue weighted by Crippen LogP contribution is 1.99. The summed E-state index contributed by atoms with van der Waals surface area (Å²) in [6.07, 6.45) is 0.124. The van der Waals surface area contributed by atoms with Crippen molar-refractivity contribution in [1.82, 2.24) is 0 Å². The number of rotatable bonds is 5. The summed E-state index contributed by atoms with van der Waals surface area (Å²) >= 11 is 0. The number of esters is 1. The van der Waals surface area contributed by atoms with Crippen LogP contribution >= 0.6 is 0 Å². The molecule has 2 N–H and O–H groups in total. The van der Waals surface area contributed by atoms with E-state index in [1.807, 2.05) is 30.3 Å². The van der Waals surface area contributed by atoms with E-state index in [1.165, 1.54) is 0 Å². The molecule has 0 spiro atoms. The first-order valence-electron chi connectivity index (χ1n) is 5.71. The monoisotopic (exact) mass is 247 g/mol. The van der Waals surface area contributed by atoms with Crippen LogP contribution in [0.25, 0.3) is 0 Å². The lowest BCUT2D eigenvalue weighted by Gasteiger charge is -2.00. The summed E-state index contributed by atoms with van der Waals surface area (Å²) in [5, 5.41) is 7.78. The third-order valence-corrected chi connectivity index (χ3v) is 2.10. The third kappa shape index (κ3) is 4.78. The van der Waals surface area contributed by atoms with Gasteiger partial charge in [0, 0.05) is 11.3 Å². The minimum Gasteiger partial charge on any atom is -0.466 e. The van der Waals surface area contributed by atoms with E-state index in [0.717, 1.165) is 5.56 Å². The highest BCUT2D eigenvalue weighted by molar-refractivity contribution is 6.00. The predicted octanol–water partition coefficient (Wildman–Crippen LogP) is 1.72. The maximum Gasteiger partial charge on any atom is 0.311 e. The van der Waals surface area contributed by atoms with Crippen molar-refractivity contribution in [3.8, 4) is 0 Å². The summed E-state index contributed by atoms with van der Waals surface area (Å²) in [5.74, 6) is 0.00559. The number of carbonyl (C=O) groups excluding carboxylic acids is 1. The Balaban J connectivity index is 2.64. The van der Waals surface area contributed by atoms with Gasteiger partial charge in [0.2, 0.25) is 0 Å². The van der Waals surface area contributed by atoms with Gasteiger partial charge in [0.15, 0.2) is 5.84 Å². The minimum absolute atomic E-state index is 0.124. The first-order chi connectivity index (χ1) is 8.63. The van der Waals surface area contributed by atoms with Crippen LogP contribution in [0, 0.1) is 0 Å². The van der Waals surface area contributed by atoms with Gasteiger partial charge in [0.25, 0.3) is 0 Å². The number of hydrogen-bond donors (Lipinski definition) is 1. The van der Waals surface area contributed by atoms with Gasteiger partial charge in [-0.25, -0.2) is 0 Å². The molecule has 96 valence electrons. The van der Waals surface area contributed by atoms with Gasteiger partial charge in [-0.3, -0.25) is 4.79 Å². The molecule has 0 aromatic heterocycles. The second-order valence-electron chi connectivity index (χ2n) is 3.67. The van der Waals surface area contributed by atoms with Crippen molar-refractivity contribution in [2.24, 2.45) is 15.9 Å². The topological polar surface area (TPSA) is 77.0 Å². The second-order valence-corrected chi connectivity index (χ2v) is 3.67. The molecule has 0 aliphatic heterocycles. The largest absolute Gasteiger partial charge is 0.466 e. The van der Waals surface area contributed by atoms with Crippen molar-refractivity contribution in [2.45, 2.75) is 20.3 Å². The third-order valence-electron chi connectivity index (χ3n) is 2.10. The fourth-order valence-electron chi connectivity index (χ4n) is 1.26. The lowest BCUT2D eigenvalue weighted by Crippen LogP contribution is -2.13. The summed E-state index contributed by atoms with van der Waals surface area (Å²) in [4.78, 5) is 11.2. The van der Waals surface area contributed by atoms with E-state index >= 15 is 0 Å². The van der Waals surface area contributed by atoms with Crippen LogP contribution in [0.5, 0.6) is 0 Å². The highest BCUT2D eigenvalue weighted by atomic mass is 16.5. The summed E-state index contributed by atoms with van der Waals surface area (Å²) in [6.45, 7) is 3.83. The summed E-state index contributed by atoms with van der Waals surface area (Å²) < 4.78 is 4.80. The Kier molecular flexibility index (Phi) is 5.57. The van der Waals surface area contributed by atoms with Gasteiger partial charge in [-0.05, 0) is 13.8 Å². The summed E-state index contributed by atoms with van der Waals surface area (Å²) in [5.41, 5.74) is 7.12. The molecule has 1 aromatic carbocycles. The molecule has 0 aliphatic carbocycles. The number of ether oxygens (including phenoxy) is 1. The van der Waals surface area contributed by atoms with E-state index in [0.29, 0.717) is 18.2 Å². The smallest absolute Gasteiger partial charge is 0.311 e. The number of carbonyl (C=O) groups is 1. The average molecular weight is 247 g/mol. The summed E-state index contributed by atoms with van der Waals surface area (Å²) in [6, 6.07) is 9.32. The van der Waals surface area contributed by atoms with Crippen LogP contribution in [0.3, 0.4) is 0 Å². The molecule has 0 bridgehead atoms. The number of nitrogens with two attached hydrogens (primary N) is 1. The van der Waals surface area contributed by atoms with Crippen LogP contribution in [0.2, 0.25) is 0 Å². The molecule has 5 nitrogen and oxygen atoms in total. The van der Waals surface area contributed by atoms with Crippen LogP contribution < -0.4 is 5.73 Å². The van der Waals surface area contributed by atoms with Crippen LogP contribution in [0.15, 0.2) is 40.5 Å². The van der Waals surface area contributed by atoms with Crippen LogP contribution in [-0.2, 0) is 9.53 Å². The molecule has 0 unspecified atom stereocenters. The van der Waals surface area contributed by atoms with E-state index in [-0.39, 0.29) is 12.4 Å². The van der Waals surface area contributed by atoms with E-state index in [4.69, 9.17) is 10.5 Å². The molecular formula is C13H17N3O2. The molecule has 18 heavy (non-hydrogen) atoms. The van der Waals surface area contributed by atoms with Gasteiger partial charge >= 0.3 is 5.97 Å². The van der Waals surface area contributed by atoms with Crippen molar-refractivity contribution in [3.05, 3.63) is 35.9 Å². The Hall–Kier alpha value is -2.17. The minimum atomic E-state index is -0.313. The molecule has 1 rings (SSSR count). The Morgan fingerprint density at radius 1 is 1.28 bits per heavy atom. The molecule has 0 heterocycles. The Morgan fingerprint density at radius 2 is 1.94 bits per heavy atom. The maximum atomic E-state index is 11.2. The first kappa shape index (κ1) is 13.9. The molecule has 1 aromatic rings. The van der Waals surface area contributed by atoms with Crippen molar-refractivity contribution >= 4 is 17.5 Å². The molecule has 0 saturated carbocycles. The molecule has 0 amide bonds. The number of amidine groups is 1. The lowest BCUT2D eigenvalue weighted by molar-refractivity contribution is -0.141. The molecule has 0 saturated heterocycles.